The van der Waals surface area contributed by atoms with Crippen molar-refractivity contribution in [2.75, 3.05) is 14.2 Å². The van der Waals surface area contributed by atoms with E-state index in [1.807, 2.05) is 18.2 Å². The fraction of sp³-hybridized carbons (Fsp3) is 0.267. The van der Waals surface area contributed by atoms with E-state index in [4.69, 9.17) is 14.6 Å². The van der Waals surface area contributed by atoms with E-state index in [2.05, 4.69) is 0 Å². The first kappa shape index (κ1) is 14.0. The molecule has 0 aliphatic heterocycles. The molecule has 1 heterocycles. The summed E-state index contributed by atoms with van der Waals surface area (Å²) >= 11 is 0. The Hall–Kier alpha value is -2.43. The van der Waals surface area contributed by atoms with Crippen molar-refractivity contribution in [1.82, 2.24) is 4.57 Å². The number of aromatic carboxylic acids is 1. The van der Waals surface area contributed by atoms with Gasteiger partial charge < -0.3 is 19.1 Å². The number of benzene rings is 1. The summed E-state index contributed by atoms with van der Waals surface area (Å²) in [4.78, 5) is 11.0. The number of nitrogens with zero attached hydrogens (tertiary/aromatic N) is 1. The third kappa shape index (κ3) is 2.93. The van der Waals surface area contributed by atoms with Crippen LogP contribution in [0, 0.1) is 0 Å². The van der Waals surface area contributed by atoms with Crippen molar-refractivity contribution in [3.8, 4) is 11.5 Å². The highest BCUT2D eigenvalue weighted by Gasteiger charge is 2.09. The molecule has 2 rings (SSSR count). The van der Waals surface area contributed by atoms with Gasteiger partial charge in [0, 0.05) is 12.7 Å². The second-order valence-electron chi connectivity index (χ2n) is 4.33. The van der Waals surface area contributed by atoms with Crippen LogP contribution in [0.2, 0.25) is 0 Å². The molecule has 2 aromatic rings. The number of aryl methyl sites for hydroxylation is 2. The van der Waals surface area contributed by atoms with Crippen molar-refractivity contribution in [3.63, 3.8) is 0 Å². The zero-order chi connectivity index (χ0) is 14.5. The van der Waals surface area contributed by atoms with Crippen molar-refractivity contribution >= 4 is 5.97 Å². The van der Waals surface area contributed by atoms with Gasteiger partial charge in [0.25, 0.3) is 0 Å². The first-order valence-corrected chi connectivity index (χ1v) is 6.25. The van der Waals surface area contributed by atoms with Gasteiger partial charge in [-0.3, -0.25) is 0 Å². The molecule has 106 valence electrons. The number of methoxy groups -OCH3 is 2. The van der Waals surface area contributed by atoms with Crippen LogP contribution in [0.1, 0.15) is 16.1 Å². The maximum absolute atomic E-state index is 11.0. The van der Waals surface area contributed by atoms with Gasteiger partial charge in [-0.2, -0.15) is 0 Å². The van der Waals surface area contributed by atoms with Crippen LogP contribution in [0.15, 0.2) is 36.5 Å². The van der Waals surface area contributed by atoms with E-state index in [1.54, 1.807) is 37.1 Å². The molecule has 0 radical (unpaired) electrons. The average Bonchev–Trinajstić information content (AvgIpc) is 2.93. The Kier molecular flexibility index (Phi) is 4.30. The van der Waals surface area contributed by atoms with Gasteiger partial charge in [0.1, 0.15) is 5.69 Å². The monoisotopic (exact) mass is 275 g/mol. The van der Waals surface area contributed by atoms with Crippen LogP contribution in [0.3, 0.4) is 0 Å². The fourth-order valence-electron chi connectivity index (χ4n) is 2.09. The standard InChI is InChI=1S/C15H17NO4/c1-19-13-6-5-11(10-14(13)20-2)7-9-16-8-3-4-12(16)15(17)18/h3-6,8,10H,7,9H2,1-2H3,(H,17,18). The number of rotatable bonds is 6. The van der Waals surface area contributed by atoms with Crippen LogP contribution in [-0.2, 0) is 13.0 Å². The molecule has 5 heteroatoms. The van der Waals surface area contributed by atoms with E-state index in [9.17, 15) is 4.79 Å². The van der Waals surface area contributed by atoms with Gasteiger partial charge in [0.15, 0.2) is 11.5 Å². The second-order valence-corrected chi connectivity index (χ2v) is 4.33. The largest absolute Gasteiger partial charge is 0.493 e. The fourth-order valence-corrected chi connectivity index (χ4v) is 2.09. The first-order valence-electron chi connectivity index (χ1n) is 6.25. The highest BCUT2D eigenvalue weighted by molar-refractivity contribution is 5.85. The molecule has 1 aromatic carbocycles. The van der Waals surface area contributed by atoms with Crippen LogP contribution in [-0.4, -0.2) is 29.9 Å². The summed E-state index contributed by atoms with van der Waals surface area (Å²) in [6, 6.07) is 9.03. The Balaban J connectivity index is 2.11. The number of hydrogen-bond acceptors (Lipinski definition) is 3. The zero-order valence-electron chi connectivity index (χ0n) is 11.5. The highest BCUT2D eigenvalue weighted by atomic mass is 16.5. The molecule has 0 atom stereocenters. The van der Waals surface area contributed by atoms with Crippen molar-refractivity contribution in [2.24, 2.45) is 0 Å². The minimum atomic E-state index is -0.915. The third-order valence-electron chi connectivity index (χ3n) is 3.14. The lowest BCUT2D eigenvalue weighted by Crippen LogP contribution is -2.09. The Bertz CT molecular complexity index is 604. The van der Waals surface area contributed by atoms with Gasteiger partial charge in [-0.1, -0.05) is 6.07 Å². The summed E-state index contributed by atoms with van der Waals surface area (Å²) in [5.74, 6) is 0.446. The van der Waals surface area contributed by atoms with E-state index in [-0.39, 0.29) is 0 Å². The normalized spacial score (nSPS) is 10.3. The van der Waals surface area contributed by atoms with E-state index in [0.717, 1.165) is 12.0 Å². The Morgan fingerprint density at radius 3 is 2.60 bits per heavy atom. The van der Waals surface area contributed by atoms with E-state index >= 15 is 0 Å². The summed E-state index contributed by atoms with van der Waals surface area (Å²) < 4.78 is 12.2. The summed E-state index contributed by atoms with van der Waals surface area (Å²) in [6.07, 6.45) is 2.49. The molecule has 0 spiro atoms. The van der Waals surface area contributed by atoms with E-state index < -0.39 is 5.97 Å². The predicted molar refractivity (Wildman–Crippen MR) is 74.6 cm³/mol. The molecule has 20 heavy (non-hydrogen) atoms. The third-order valence-corrected chi connectivity index (χ3v) is 3.14. The molecule has 0 saturated heterocycles. The maximum atomic E-state index is 11.0. The lowest BCUT2D eigenvalue weighted by Gasteiger charge is -2.10. The number of aromatic nitrogens is 1. The molecule has 0 aliphatic carbocycles. The minimum Gasteiger partial charge on any atom is -0.493 e. The summed E-state index contributed by atoms with van der Waals surface area (Å²) in [5.41, 5.74) is 1.36. The Morgan fingerprint density at radius 2 is 1.95 bits per heavy atom. The molecule has 0 aliphatic rings. The molecule has 0 amide bonds. The van der Waals surface area contributed by atoms with Gasteiger partial charge in [0.05, 0.1) is 14.2 Å². The van der Waals surface area contributed by atoms with E-state index in [0.29, 0.717) is 23.7 Å². The molecule has 5 nitrogen and oxygen atoms in total. The smallest absolute Gasteiger partial charge is 0.352 e. The zero-order valence-corrected chi connectivity index (χ0v) is 11.5. The molecular weight excluding hydrogens is 258 g/mol. The van der Waals surface area contributed by atoms with Crippen LogP contribution in [0.4, 0.5) is 0 Å². The van der Waals surface area contributed by atoms with Crippen LogP contribution in [0.25, 0.3) is 0 Å². The van der Waals surface area contributed by atoms with Gasteiger partial charge in [-0.15, -0.1) is 0 Å². The molecule has 1 N–H and O–H groups in total. The van der Waals surface area contributed by atoms with Crippen molar-refractivity contribution in [1.29, 1.82) is 0 Å². The number of ether oxygens (including phenoxy) is 2. The second kappa shape index (κ2) is 6.14. The molecule has 0 bridgehead atoms. The maximum Gasteiger partial charge on any atom is 0.352 e. The molecular formula is C15H17NO4. The molecule has 0 fully saturated rings. The summed E-state index contributed by atoms with van der Waals surface area (Å²) in [5, 5.41) is 9.04. The molecule has 1 aromatic heterocycles. The average molecular weight is 275 g/mol. The number of hydrogen-bond donors (Lipinski definition) is 1. The molecule has 0 saturated carbocycles. The lowest BCUT2D eigenvalue weighted by molar-refractivity contribution is 0.0685. The summed E-state index contributed by atoms with van der Waals surface area (Å²) in [7, 11) is 3.19. The van der Waals surface area contributed by atoms with Gasteiger partial charge in [0.2, 0.25) is 0 Å². The number of carboxylic acids is 1. The van der Waals surface area contributed by atoms with Crippen LogP contribution >= 0.6 is 0 Å². The van der Waals surface area contributed by atoms with Crippen LogP contribution in [0.5, 0.6) is 11.5 Å². The van der Waals surface area contributed by atoms with E-state index in [1.165, 1.54) is 0 Å². The minimum absolute atomic E-state index is 0.297. The Labute approximate surface area is 117 Å². The summed E-state index contributed by atoms with van der Waals surface area (Å²) in [6.45, 7) is 0.601. The predicted octanol–water partition coefficient (Wildman–Crippen LogP) is 2.45. The van der Waals surface area contributed by atoms with Gasteiger partial charge in [-0.05, 0) is 36.2 Å². The Morgan fingerprint density at radius 1 is 1.20 bits per heavy atom. The number of carbonyl (C=O) groups is 1. The van der Waals surface area contributed by atoms with Crippen molar-refractivity contribution in [2.45, 2.75) is 13.0 Å². The SMILES string of the molecule is COc1ccc(CCn2cccc2C(=O)O)cc1OC. The first-order chi connectivity index (χ1) is 9.65. The number of carboxylic acid groups (broad SMARTS) is 1. The van der Waals surface area contributed by atoms with Crippen molar-refractivity contribution < 1.29 is 19.4 Å². The van der Waals surface area contributed by atoms with Crippen LogP contribution < -0.4 is 9.47 Å². The van der Waals surface area contributed by atoms with Gasteiger partial charge in [-0.25, -0.2) is 4.79 Å². The van der Waals surface area contributed by atoms with Gasteiger partial charge >= 0.3 is 5.97 Å². The van der Waals surface area contributed by atoms with Crippen molar-refractivity contribution in [3.05, 3.63) is 47.8 Å². The topological polar surface area (TPSA) is 60.7 Å². The lowest BCUT2D eigenvalue weighted by atomic mass is 10.1. The molecule has 0 unspecified atom stereocenters. The quantitative estimate of drug-likeness (QED) is 0.879. The highest BCUT2D eigenvalue weighted by Crippen LogP contribution is 2.27.